The van der Waals surface area contributed by atoms with Crippen LogP contribution in [0.1, 0.15) is 30.0 Å². The molecule has 2 heterocycles. The van der Waals surface area contributed by atoms with Crippen LogP contribution in [0.5, 0.6) is 5.88 Å². The van der Waals surface area contributed by atoms with Crippen LogP contribution >= 0.6 is 11.6 Å². The van der Waals surface area contributed by atoms with Gasteiger partial charge in [0.05, 0.1) is 19.8 Å². The molecule has 1 saturated heterocycles. The molecular weight excluding hydrogens is 280 g/mol. The average Bonchev–Trinajstić information content (AvgIpc) is 2.83. The molecule has 1 fully saturated rings. The van der Waals surface area contributed by atoms with Crippen molar-refractivity contribution < 1.29 is 14.6 Å². The van der Waals surface area contributed by atoms with Crippen LogP contribution in [0.4, 0.5) is 0 Å². The Morgan fingerprint density at radius 2 is 2.35 bits per heavy atom. The zero-order valence-electron chi connectivity index (χ0n) is 11.4. The van der Waals surface area contributed by atoms with E-state index >= 15 is 0 Å². The average molecular weight is 299 g/mol. The number of nitrogens with zero attached hydrogens (tertiary/aromatic N) is 1. The molecule has 2 N–H and O–H groups in total. The first-order valence-corrected chi connectivity index (χ1v) is 7.32. The van der Waals surface area contributed by atoms with Gasteiger partial charge >= 0.3 is 0 Å². The molecule has 0 amide bonds. The zero-order valence-corrected chi connectivity index (χ0v) is 12.2. The number of aryl methyl sites for hydroxylation is 1. The number of halogens is 1. The quantitative estimate of drug-likeness (QED) is 0.828. The number of rotatable bonds is 3. The van der Waals surface area contributed by atoms with Crippen molar-refractivity contribution in [2.45, 2.75) is 37.5 Å². The fourth-order valence-corrected chi connectivity index (χ4v) is 3.28. The highest BCUT2D eigenvalue weighted by atomic mass is 35.5. The molecule has 0 saturated carbocycles. The minimum Gasteiger partial charge on any atom is -0.481 e. The van der Waals surface area contributed by atoms with Gasteiger partial charge < -0.3 is 19.9 Å². The second kappa shape index (κ2) is 5.85. The predicted octanol–water partition coefficient (Wildman–Crippen LogP) is 1.47. The second-order valence-corrected chi connectivity index (χ2v) is 5.71. The molecule has 3 rings (SSSR count). The monoisotopic (exact) mass is 298 g/mol. The highest BCUT2D eigenvalue weighted by Gasteiger charge is 2.32. The van der Waals surface area contributed by atoms with Crippen molar-refractivity contribution >= 4 is 11.6 Å². The molecule has 0 bridgehead atoms. The third kappa shape index (κ3) is 2.63. The van der Waals surface area contributed by atoms with Crippen molar-refractivity contribution in [2.24, 2.45) is 0 Å². The number of methoxy groups -OCH3 is 1. The molecule has 1 aliphatic heterocycles. The number of aliphatic hydroxyl groups is 1. The van der Waals surface area contributed by atoms with Gasteiger partial charge in [-0.2, -0.15) is 0 Å². The maximum Gasteiger partial charge on any atom is 0.219 e. The number of hydrogen-bond acceptors (Lipinski definition) is 5. The van der Waals surface area contributed by atoms with Gasteiger partial charge in [0, 0.05) is 24.3 Å². The number of hydrogen-bond donors (Lipinski definition) is 2. The van der Waals surface area contributed by atoms with Crippen LogP contribution in [-0.2, 0) is 11.2 Å². The summed E-state index contributed by atoms with van der Waals surface area (Å²) in [5, 5.41) is 14.0. The van der Waals surface area contributed by atoms with Gasteiger partial charge in [0.15, 0.2) is 0 Å². The molecule has 20 heavy (non-hydrogen) atoms. The first kappa shape index (κ1) is 14.1. The maximum absolute atomic E-state index is 9.99. The van der Waals surface area contributed by atoms with Gasteiger partial charge in [0.1, 0.15) is 5.15 Å². The van der Waals surface area contributed by atoms with Gasteiger partial charge in [-0.05, 0) is 30.9 Å². The van der Waals surface area contributed by atoms with Crippen molar-refractivity contribution in [1.82, 2.24) is 10.3 Å². The molecule has 6 heteroatoms. The summed E-state index contributed by atoms with van der Waals surface area (Å²) in [5.41, 5.74) is 2.26. The molecule has 1 aromatic heterocycles. The van der Waals surface area contributed by atoms with E-state index < -0.39 is 6.10 Å². The first-order chi connectivity index (χ1) is 9.69. The van der Waals surface area contributed by atoms with Crippen LogP contribution in [-0.4, -0.2) is 42.6 Å². The van der Waals surface area contributed by atoms with Gasteiger partial charge in [0.25, 0.3) is 0 Å². The van der Waals surface area contributed by atoms with Crippen LogP contribution < -0.4 is 10.1 Å². The van der Waals surface area contributed by atoms with Gasteiger partial charge in [0.2, 0.25) is 5.88 Å². The number of aromatic nitrogens is 1. The van der Waals surface area contributed by atoms with Crippen molar-refractivity contribution in [2.75, 3.05) is 20.3 Å². The Hall–Kier alpha value is -0.880. The molecule has 5 nitrogen and oxygen atoms in total. The summed E-state index contributed by atoms with van der Waals surface area (Å²) >= 11 is 6.00. The summed E-state index contributed by atoms with van der Waals surface area (Å²) in [7, 11) is 1.61. The molecule has 0 spiro atoms. The van der Waals surface area contributed by atoms with E-state index in [2.05, 4.69) is 10.3 Å². The lowest BCUT2D eigenvalue weighted by Gasteiger charge is -2.31. The fraction of sp³-hybridized carbons (Fsp3) is 0.643. The topological polar surface area (TPSA) is 63.6 Å². The summed E-state index contributed by atoms with van der Waals surface area (Å²) in [6, 6.07) is 2.11. The van der Waals surface area contributed by atoms with Gasteiger partial charge in [-0.15, -0.1) is 0 Å². The molecule has 0 radical (unpaired) electrons. The van der Waals surface area contributed by atoms with Crippen LogP contribution in [0.2, 0.25) is 5.15 Å². The van der Waals surface area contributed by atoms with Crippen molar-refractivity contribution in [1.29, 1.82) is 0 Å². The van der Waals surface area contributed by atoms with Gasteiger partial charge in [-0.3, -0.25) is 0 Å². The molecule has 110 valence electrons. The summed E-state index contributed by atoms with van der Waals surface area (Å²) in [5.74, 6) is 0.587. The van der Waals surface area contributed by atoms with E-state index in [9.17, 15) is 5.11 Å². The zero-order chi connectivity index (χ0) is 14.1. The smallest absolute Gasteiger partial charge is 0.219 e. The van der Waals surface area contributed by atoms with E-state index in [0.29, 0.717) is 24.2 Å². The van der Waals surface area contributed by atoms with E-state index in [0.717, 1.165) is 24.8 Å². The van der Waals surface area contributed by atoms with E-state index in [-0.39, 0.29) is 12.1 Å². The summed E-state index contributed by atoms with van der Waals surface area (Å²) < 4.78 is 10.6. The number of fused-ring (bicyclic) bond motifs is 1. The molecule has 1 aromatic rings. The van der Waals surface area contributed by atoms with Crippen molar-refractivity contribution in [3.63, 3.8) is 0 Å². The minimum atomic E-state index is -0.459. The normalized spacial score (nSPS) is 29.2. The minimum absolute atomic E-state index is 0.0556. The third-order valence-corrected chi connectivity index (χ3v) is 4.26. The van der Waals surface area contributed by atoms with Crippen LogP contribution in [0.15, 0.2) is 6.07 Å². The Bertz CT molecular complexity index is 498. The predicted molar refractivity (Wildman–Crippen MR) is 75.2 cm³/mol. The van der Waals surface area contributed by atoms with E-state index in [1.54, 1.807) is 7.11 Å². The summed E-state index contributed by atoms with van der Waals surface area (Å²) in [6.07, 6.45) is 2.28. The molecule has 1 aliphatic carbocycles. The van der Waals surface area contributed by atoms with Crippen LogP contribution in [0.25, 0.3) is 0 Å². The van der Waals surface area contributed by atoms with Gasteiger partial charge in [-0.1, -0.05) is 11.6 Å². The molecule has 3 atom stereocenters. The van der Waals surface area contributed by atoms with Gasteiger partial charge in [-0.25, -0.2) is 4.98 Å². The Labute approximate surface area is 123 Å². The third-order valence-electron chi connectivity index (χ3n) is 4.06. The highest BCUT2D eigenvalue weighted by Crippen LogP contribution is 2.38. The molecular formula is C14H19ClN2O3. The number of nitrogens with one attached hydrogen (secondary N) is 1. The summed E-state index contributed by atoms with van der Waals surface area (Å²) in [4.78, 5) is 4.24. The first-order valence-electron chi connectivity index (χ1n) is 6.94. The maximum atomic E-state index is 9.99. The van der Waals surface area contributed by atoms with E-state index in [4.69, 9.17) is 21.1 Å². The molecule has 0 aromatic carbocycles. The van der Waals surface area contributed by atoms with Crippen molar-refractivity contribution in [3.8, 4) is 5.88 Å². The fourth-order valence-electron chi connectivity index (χ4n) is 3.07. The highest BCUT2D eigenvalue weighted by molar-refractivity contribution is 6.29. The largest absolute Gasteiger partial charge is 0.481 e. The standard InChI is InChI=1S/C14H19ClN2O3/c1-19-14-13-8(6-12(15)17-14)2-3-10(13)16-9-4-5-20-7-11(9)18/h6,9-11,16,18H,2-5,7H2,1H3/t9?,10-,11+/m1/s1. The lowest BCUT2D eigenvalue weighted by Crippen LogP contribution is -2.47. The second-order valence-electron chi connectivity index (χ2n) is 5.32. The number of pyridine rings is 1. The Morgan fingerprint density at radius 3 is 3.10 bits per heavy atom. The van der Waals surface area contributed by atoms with E-state index in [1.807, 2.05) is 6.07 Å². The SMILES string of the molecule is COc1nc(Cl)cc2c1[C@H](NC1CCOC[C@@H]1O)CC2. The lowest BCUT2D eigenvalue weighted by atomic mass is 10.0. The molecule has 2 aliphatic rings. The molecule has 1 unspecified atom stereocenters. The van der Waals surface area contributed by atoms with Crippen molar-refractivity contribution in [3.05, 3.63) is 22.3 Å². The Kier molecular flexibility index (Phi) is 4.12. The Balaban J connectivity index is 1.81. The summed E-state index contributed by atoms with van der Waals surface area (Å²) in [6.45, 7) is 1.08. The number of aliphatic hydroxyl groups excluding tert-OH is 1. The van der Waals surface area contributed by atoms with E-state index in [1.165, 1.54) is 5.56 Å². The Morgan fingerprint density at radius 1 is 1.50 bits per heavy atom. The van der Waals surface area contributed by atoms with Crippen LogP contribution in [0.3, 0.4) is 0 Å². The van der Waals surface area contributed by atoms with Crippen LogP contribution in [0, 0.1) is 0 Å². The lowest BCUT2D eigenvalue weighted by molar-refractivity contribution is -0.0304. The number of ether oxygens (including phenoxy) is 2.